The van der Waals surface area contributed by atoms with Gasteiger partial charge in [-0.2, -0.15) is 5.26 Å². The summed E-state index contributed by atoms with van der Waals surface area (Å²) < 4.78 is 16.4. The Morgan fingerprint density at radius 3 is 2.59 bits per heavy atom. The van der Waals surface area contributed by atoms with E-state index < -0.39 is 0 Å². The highest BCUT2D eigenvalue weighted by Crippen LogP contribution is 2.30. The van der Waals surface area contributed by atoms with Gasteiger partial charge in [-0.3, -0.25) is 0 Å². The molecule has 1 heterocycles. The normalized spacial score (nSPS) is 10.9. The van der Waals surface area contributed by atoms with Crippen LogP contribution in [0.5, 0.6) is 0 Å². The van der Waals surface area contributed by atoms with Crippen LogP contribution in [0, 0.1) is 17.1 Å². The minimum atomic E-state index is -0.225. The molecule has 0 bridgehead atoms. The molecule has 29 heavy (non-hydrogen) atoms. The summed E-state index contributed by atoms with van der Waals surface area (Å²) in [5.74, 6) is 1.59. The van der Waals surface area contributed by atoms with Crippen molar-refractivity contribution in [3.63, 3.8) is 0 Å². The Morgan fingerprint density at radius 2 is 1.86 bits per heavy atom. The lowest BCUT2D eigenvalue weighted by atomic mass is 10.1. The van der Waals surface area contributed by atoms with Gasteiger partial charge in [0.15, 0.2) is 0 Å². The molecule has 0 atom stereocenters. The highest BCUT2D eigenvalue weighted by Gasteiger charge is 2.15. The molecule has 0 saturated heterocycles. The number of nitrogens with zero attached hydrogens (tertiary/aromatic N) is 3. The van der Waals surface area contributed by atoms with Gasteiger partial charge in [-0.1, -0.05) is 25.1 Å². The molecule has 144 valence electrons. The maximum absolute atomic E-state index is 14.4. The Bertz CT molecular complexity index is 1190. The van der Waals surface area contributed by atoms with Crippen LogP contribution < -0.4 is 0 Å². The Morgan fingerprint density at radius 1 is 1.07 bits per heavy atom. The topological polar surface area (TPSA) is 41.6 Å². The summed E-state index contributed by atoms with van der Waals surface area (Å²) in [6.45, 7) is 2.55. The summed E-state index contributed by atoms with van der Waals surface area (Å²) in [7, 11) is 0. The number of nitriles is 1. The van der Waals surface area contributed by atoms with Crippen molar-refractivity contribution in [2.24, 2.45) is 0 Å². The van der Waals surface area contributed by atoms with E-state index in [1.54, 1.807) is 24.3 Å². The van der Waals surface area contributed by atoms with E-state index in [1.165, 1.54) is 11.0 Å². The predicted octanol–water partition coefficient (Wildman–Crippen LogP) is 6.26. The van der Waals surface area contributed by atoms with Gasteiger partial charge in [0.05, 0.1) is 29.2 Å². The zero-order valence-corrected chi connectivity index (χ0v) is 16.9. The van der Waals surface area contributed by atoms with Crippen LogP contribution in [0.25, 0.3) is 22.4 Å². The van der Waals surface area contributed by atoms with E-state index in [2.05, 4.69) is 29.7 Å². The first-order chi connectivity index (χ1) is 14.2. The number of hydrogen-bond acceptors (Lipinski definition) is 3. The molecule has 0 saturated carbocycles. The number of fused-ring (bicyclic) bond motifs is 1. The SMILES string of the molecule is CCCSc1ccc2nc(-c3ccc(C#N)cc3)n(Cc3ccccc3F)c2c1. The summed E-state index contributed by atoms with van der Waals surface area (Å²) in [5.41, 5.74) is 3.98. The van der Waals surface area contributed by atoms with E-state index in [4.69, 9.17) is 10.2 Å². The minimum Gasteiger partial charge on any atom is -0.319 e. The molecule has 5 heteroatoms. The Hall–Kier alpha value is -3.10. The number of thioether (sulfide) groups is 1. The molecule has 4 aromatic rings. The van der Waals surface area contributed by atoms with Crippen molar-refractivity contribution in [3.8, 4) is 17.5 Å². The van der Waals surface area contributed by atoms with E-state index in [0.717, 1.165) is 34.6 Å². The van der Waals surface area contributed by atoms with Crippen LogP contribution >= 0.6 is 11.8 Å². The van der Waals surface area contributed by atoms with E-state index in [-0.39, 0.29) is 5.82 Å². The first kappa shape index (κ1) is 19.2. The van der Waals surface area contributed by atoms with Gasteiger partial charge in [0, 0.05) is 16.0 Å². The monoisotopic (exact) mass is 401 g/mol. The number of rotatable bonds is 6. The fourth-order valence-corrected chi connectivity index (χ4v) is 4.08. The highest BCUT2D eigenvalue weighted by molar-refractivity contribution is 7.99. The third kappa shape index (κ3) is 4.03. The van der Waals surface area contributed by atoms with E-state index in [0.29, 0.717) is 17.7 Å². The predicted molar refractivity (Wildman–Crippen MR) is 116 cm³/mol. The molecular formula is C24H20FN3S. The van der Waals surface area contributed by atoms with Gasteiger partial charge in [0.1, 0.15) is 11.6 Å². The fraction of sp³-hybridized carbons (Fsp3) is 0.167. The first-order valence-electron chi connectivity index (χ1n) is 9.56. The Labute approximate surface area is 173 Å². The maximum Gasteiger partial charge on any atom is 0.141 e. The molecule has 1 aromatic heterocycles. The molecule has 0 N–H and O–H groups in total. The molecule has 3 nitrogen and oxygen atoms in total. The largest absolute Gasteiger partial charge is 0.319 e. The van der Waals surface area contributed by atoms with Crippen molar-refractivity contribution in [2.45, 2.75) is 24.8 Å². The van der Waals surface area contributed by atoms with Crippen LogP contribution in [0.1, 0.15) is 24.5 Å². The molecule has 0 aliphatic rings. The average Bonchev–Trinajstić information content (AvgIpc) is 3.11. The van der Waals surface area contributed by atoms with Crippen LogP contribution in [0.2, 0.25) is 0 Å². The smallest absolute Gasteiger partial charge is 0.141 e. The van der Waals surface area contributed by atoms with Gasteiger partial charge >= 0.3 is 0 Å². The van der Waals surface area contributed by atoms with E-state index in [9.17, 15) is 4.39 Å². The second-order valence-electron chi connectivity index (χ2n) is 6.80. The van der Waals surface area contributed by atoms with Crippen molar-refractivity contribution < 1.29 is 4.39 Å². The molecule has 0 amide bonds. The molecule has 0 spiro atoms. The van der Waals surface area contributed by atoms with Crippen LogP contribution in [0.15, 0.2) is 71.6 Å². The molecule has 3 aromatic carbocycles. The standard InChI is InChI=1S/C24H20FN3S/c1-2-13-29-20-11-12-22-23(14-20)28(16-19-5-3-4-6-21(19)25)24(27-22)18-9-7-17(15-26)8-10-18/h3-12,14H,2,13,16H2,1H3. The average molecular weight is 402 g/mol. The Balaban J connectivity index is 1.86. The van der Waals surface area contributed by atoms with Crippen LogP contribution in [-0.2, 0) is 6.54 Å². The van der Waals surface area contributed by atoms with Gasteiger partial charge in [0.25, 0.3) is 0 Å². The van der Waals surface area contributed by atoms with Gasteiger partial charge in [-0.15, -0.1) is 11.8 Å². The summed E-state index contributed by atoms with van der Waals surface area (Å²) in [6, 6.07) is 22.6. The van der Waals surface area contributed by atoms with Crippen molar-refractivity contribution in [1.29, 1.82) is 5.26 Å². The lowest BCUT2D eigenvalue weighted by molar-refractivity contribution is 0.602. The molecule has 0 aliphatic carbocycles. The molecule has 0 fully saturated rings. The minimum absolute atomic E-state index is 0.225. The van der Waals surface area contributed by atoms with Crippen LogP contribution in [-0.4, -0.2) is 15.3 Å². The molecule has 0 unspecified atom stereocenters. The second kappa shape index (κ2) is 8.50. The number of halogens is 1. The summed E-state index contributed by atoms with van der Waals surface area (Å²) in [5, 5.41) is 9.08. The third-order valence-electron chi connectivity index (χ3n) is 4.75. The maximum atomic E-state index is 14.4. The molecule has 0 aliphatic heterocycles. The van der Waals surface area contributed by atoms with Crippen LogP contribution in [0.4, 0.5) is 4.39 Å². The Kier molecular flexibility index (Phi) is 5.64. The summed E-state index contributed by atoms with van der Waals surface area (Å²) in [6.07, 6.45) is 1.10. The molecule has 0 radical (unpaired) electrons. The lowest BCUT2D eigenvalue weighted by Crippen LogP contribution is -2.04. The summed E-state index contributed by atoms with van der Waals surface area (Å²) >= 11 is 1.81. The van der Waals surface area contributed by atoms with Gasteiger partial charge in [-0.05, 0) is 60.7 Å². The number of imidazole rings is 1. The summed E-state index contributed by atoms with van der Waals surface area (Å²) in [4.78, 5) is 6.01. The van der Waals surface area contributed by atoms with Crippen molar-refractivity contribution >= 4 is 22.8 Å². The van der Waals surface area contributed by atoms with Gasteiger partial charge in [-0.25, -0.2) is 9.37 Å². The third-order valence-corrected chi connectivity index (χ3v) is 5.95. The first-order valence-corrected chi connectivity index (χ1v) is 10.5. The van der Waals surface area contributed by atoms with Crippen molar-refractivity contribution in [3.05, 3.63) is 83.7 Å². The fourth-order valence-electron chi connectivity index (χ4n) is 3.28. The number of aromatic nitrogens is 2. The second-order valence-corrected chi connectivity index (χ2v) is 7.97. The van der Waals surface area contributed by atoms with Crippen molar-refractivity contribution in [1.82, 2.24) is 9.55 Å². The molecular weight excluding hydrogens is 381 g/mol. The highest BCUT2D eigenvalue weighted by atomic mass is 32.2. The zero-order valence-electron chi connectivity index (χ0n) is 16.1. The quantitative estimate of drug-likeness (QED) is 0.358. The van der Waals surface area contributed by atoms with Gasteiger partial charge in [0.2, 0.25) is 0 Å². The zero-order chi connectivity index (χ0) is 20.2. The van der Waals surface area contributed by atoms with Crippen LogP contribution in [0.3, 0.4) is 0 Å². The number of benzene rings is 3. The lowest BCUT2D eigenvalue weighted by Gasteiger charge is -2.11. The van der Waals surface area contributed by atoms with E-state index in [1.807, 2.05) is 36.0 Å². The van der Waals surface area contributed by atoms with Gasteiger partial charge < -0.3 is 4.57 Å². The molecule has 4 rings (SSSR count). The van der Waals surface area contributed by atoms with Crippen molar-refractivity contribution in [2.75, 3.05) is 5.75 Å². The van der Waals surface area contributed by atoms with E-state index >= 15 is 0 Å². The number of hydrogen-bond donors (Lipinski definition) is 0.